The molecular weight excluding hydrogens is 420 g/mol. The highest BCUT2D eigenvalue weighted by Gasteiger charge is 2.44. The van der Waals surface area contributed by atoms with Gasteiger partial charge in [0.05, 0.1) is 27.9 Å². The van der Waals surface area contributed by atoms with Crippen LogP contribution in [-0.4, -0.2) is 25.2 Å². The molecule has 5 heteroatoms. The van der Waals surface area contributed by atoms with E-state index < -0.39 is 27.5 Å². The van der Waals surface area contributed by atoms with Crippen molar-refractivity contribution in [3.05, 3.63) is 77.2 Å². The van der Waals surface area contributed by atoms with Crippen LogP contribution in [0.2, 0.25) is 0 Å². The van der Waals surface area contributed by atoms with Gasteiger partial charge in [-0.2, -0.15) is 0 Å². The van der Waals surface area contributed by atoms with Gasteiger partial charge in [0.1, 0.15) is 6.10 Å². The molecule has 0 saturated heterocycles. The topological polar surface area (TPSA) is 63.6 Å². The molecule has 2 aromatic rings. The van der Waals surface area contributed by atoms with Crippen LogP contribution in [0.5, 0.6) is 0 Å². The van der Waals surface area contributed by atoms with Crippen molar-refractivity contribution in [1.29, 1.82) is 0 Å². The molecule has 3 atom stereocenters. The SMILES string of the molecule is CCCCC#C[C@H]1C(S(=O)(=O)c2ccccc2)=CCC[C@](C)(OCc2ccccc2)[C@H]1O. The minimum Gasteiger partial charge on any atom is -0.388 e. The molecule has 0 amide bonds. The van der Waals surface area contributed by atoms with Gasteiger partial charge < -0.3 is 9.84 Å². The molecule has 0 radical (unpaired) electrons. The zero-order valence-corrected chi connectivity index (χ0v) is 19.6. The standard InChI is InChI=1S/C27H32O4S/c1-3-4-5-12-18-24-25(32(29,30)23-16-10-7-11-17-23)19-13-20-27(2,26(24)28)31-21-22-14-8-6-9-15-22/h6-11,14-17,19,24,26,28H,3-5,13,20-21H2,1-2H3/t24-,26-,27-/m0/s1. The molecule has 2 aromatic carbocycles. The van der Waals surface area contributed by atoms with Gasteiger partial charge in [0.2, 0.25) is 9.84 Å². The van der Waals surface area contributed by atoms with E-state index in [1.165, 1.54) is 0 Å². The fraction of sp³-hybridized carbons (Fsp3) is 0.407. The predicted octanol–water partition coefficient (Wildman–Crippen LogP) is 5.28. The first-order valence-corrected chi connectivity index (χ1v) is 12.7. The van der Waals surface area contributed by atoms with Gasteiger partial charge in [0.15, 0.2) is 0 Å². The van der Waals surface area contributed by atoms with Crippen LogP contribution in [0.4, 0.5) is 0 Å². The van der Waals surface area contributed by atoms with Gasteiger partial charge in [0.25, 0.3) is 0 Å². The second-order valence-electron chi connectivity index (χ2n) is 8.40. The summed E-state index contributed by atoms with van der Waals surface area (Å²) >= 11 is 0. The highest BCUT2D eigenvalue weighted by molar-refractivity contribution is 7.95. The number of rotatable bonds is 7. The molecule has 0 heterocycles. The molecule has 170 valence electrons. The van der Waals surface area contributed by atoms with Crippen LogP contribution in [0.3, 0.4) is 0 Å². The van der Waals surface area contributed by atoms with Crippen molar-refractivity contribution in [2.75, 3.05) is 0 Å². The largest absolute Gasteiger partial charge is 0.388 e. The van der Waals surface area contributed by atoms with Crippen LogP contribution in [0.1, 0.15) is 51.5 Å². The van der Waals surface area contributed by atoms with Gasteiger partial charge in [-0.3, -0.25) is 0 Å². The summed E-state index contributed by atoms with van der Waals surface area (Å²) in [5, 5.41) is 11.5. The van der Waals surface area contributed by atoms with Gasteiger partial charge in [0, 0.05) is 6.42 Å². The van der Waals surface area contributed by atoms with Crippen LogP contribution in [0, 0.1) is 17.8 Å². The normalized spacial score (nSPS) is 23.5. The van der Waals surface area contributed by atoms with Crippen LogP contribution in [-0.2, 0) is 21.2 Å². The summed E-state index contributed by atoms with van der Waals surface area (Å²) in [6.07, 6.45) is 4.24. The first kappa shape index (κ1) is 24.3. The monoisotopic (exact) mass is 452 g/mol. The summed E-state index contributed by atoms with van der Waals surface area (Å²) in [6, 6.07) is 18.1. The number of allylic oxidation sites excluding steroid dienone is 1. The third kappa shape index (κ3) is 5.69. The fourth-order valence-corrected chi connectivity index (χ4v) is 5.52. The summed E-state index contributed by atoms with van der Waals surface area (Å²) < 4.78 is 33.2. The Kier molecular flexibility index (Phi) is 8.31. The van der Waals surface area contributed by atoms with E-state index >= 15 is 0 Å². The molecule has 0 aromatic heterocycles. The lowest BCUT2D eigenvalue weighted by atomic mass is 9.87. The minimum absolute atomic E-state index is 0.173. The Balaban J connectivity index is 1.94. The minimum atomic E-state index is -3.78. The first-order chi connectivity index (χ1) is 15.4. The second kappa shape index (κ2) is 11.0. The predicted molar refractivity (Wildman–Crippen MR) is 127 cm³/mol. The third-order valence-corrected chi connectivity index (χ3v) is 7.86. The number of ether oxygens (including phenoxy) is 1. The van der Waals surface area contributed by atoms with Crippen molar-refractivity contribution in [2.24, 2.45) is 5.92 Å². The summed E-state index contributed by atoms with van der Waals surface area (Å²) in [5.41, 5.74) is 0.0746. The molecule has 0 spiro atoms. The zero-order valence-electron chi connectivity index (χ0n) is 18.8. The van der Waals surface area contributed by atoms with Crippen molar-refractivity contribution in [1.82, 2.24) is 0 Å². The molecule has 1 N–H and O–H groups in total. The van der Waals surface area contributed by atoms with E-state index in [-0.39, 0.29) is 9.80 Å². The fourth-order valence-electron chi connectivity index (χ4n) is 3.87. The van der Waals surface area contributed by atoms with Gasteiger partial charge >= 0.3 is 0 Å². The van der Waals surface area contributed by atoms with E-state index in [9.17, 15) is 13.5 Å². The van der Waals surface area contributed by atoms with E-state index in [1.54, 1.807) is 36.4 Å². The number of unbranched alkanes of at least 4 members (excludes halogenated alkanes) is 2. The lowest BCUT2D eigenvalue weighted by Crippen LogP contribution is -2.46. The molecule has 0 saturated carbocycles. The van der Waals surface area contributed by atoms with Crippen molar-refractivity contribution in [2.45, 2.75) is 69.2 Å². The highest BCUT2D eigenvalue weighted by Crippen LogP contribution is 2.38. The maximum atomic E-state index is 13.5. The number of hydrogen-bond donors (Lipinski definition) is 1. The van der Waals surface area contributed by atoms with Crippen LogP contribution < -0.4 is 0 Å². The molecular formula is C27H32O4S. The Morgan fingerprint density at radius 3 is 2.41 bits per heavy atom. The van der Waals surface area contributed by atoms with Crippen LogP contribution in [0.25, 0.3) is 0 Å². The maximum Gasteiger partial charge on any atom is 0.203 e. The zero-order chi connectivity index (χ0) is 23.0. The van der Waals surface area contributed by atoms with Gasteiger partial charge in [-0.25, -0.2) is 8.42 Å². The molecule has 0 unspecified atom stereocenters. The first-order valence-electron chi connectivity index (χ1n) is 11.2. The molecule has 32 heavy (non-hydrogen) atoms. The number of sulfone groups is 1. The van der Waals surface area contributed by atoms with E-state index in [0.717, 1.165) is 18.4 Å². The molecule has 0 fully saturated rings. The number of aliphatic hydroxyl groups is 1. The Morgan fingerprint density at radius 1 is 1.09 bits per heavy atom. The maximum absolute atomic E-state index is 13.5. The van der Waals surface area contributed by atoms with Crippen molar-refractivity contribution in [3.8, 4) is 11.8 Å². The number of benzene rings is 2. The van der Waals surface area contributed by atoms with Gasteiger partial charge in [-0.05, 0) is 43.9 Å². The quantitative estimate of drug-likeness (QED) is 0.458. The molecule has 4 nitrogen and oxygen atoms in total. The smallest absolute Gasteiger partial charge is 0.203 e. The van der Waals surface area contributed by atoms with E-state index in [0.29, 0.717) is 25.9 Å². The highest BCUT2D eigenvalue weighted by atomic mass is 32.2. The Bertz CT molecular complexity index is 1060. The summed E-state index contributed by atoms with van der Waals surface area (Å²) in [5.74, 6) is 5.36. The Hall–Kier alpha value is -2.39. The Labute approximate surface area is 192 Å². The van der Waals surface area contributed by atoms with Crippen molar-refractivity contribution < 1.29 is 18.3 Å². The molecule has 1 aliphatic rings. The summed E-state index contributed by atoms with van der Waals surface area (Å²) in [4.78, 5) is 0.389. The van der Waals surface area contributed by atoms with Crippen molar-refractivity contribution >= 4 is 9.84 Å². The van der Waals surface area contributed by atoms with E-state index in [2.05, 4.69) is 18.8 Å². The van der Waals surface area contributed by atoms with Crippen LogP contribution in [0.15, 0.2) is 76.5 Å². The summed E-state index contributed by atoms with van der Waals surface area (Å²) in [7, 11) is -3.78. The number of aliphatic hydroxyl groups excluding tert-OH is 1. The van der Waals surface area contributed by atoms with Gasteiger partial charge in [-0.1, -0.05) is 73.9 Å². The summed E-state index contributed by atoms with van der Waals surface area (Å²) in [6.45, 7) is 4.28. The second-order valence-corrected chi connectivity index (χ2v) is 10.3. The van der Waals surface area contributed by atoms with Crippen molar-refractivity contribution in [3.63, 3.8) is 0 Å². The van der Waals surface area contributed by atoms with E-state index in [4.69, 9.17) is 4.74 Å². The van der Waals surface area contributed by atoms with E-state index in [1.807, 2.05) is 37.3 Å². The molecule has 3 rings (SSSR count). The Morgan fingerprint density at radius 2 is 1.75 bits per heavy atom. The lowest BCUT2D eigenvalue weighted by molar-refractivity contribution is -0.130. The van der Waals surface area contributed by atoms with Gasteiger partial charge in [-0.15, -0.1) is 5.92 Å². The van der Waals surface area contributed by atoms with Crippen LogP contribution >= 0.6 is 0 Å². The average Bonchev–Trinajstić information content (AvgIpc) is 2.94. The molecule has 0 bridgehead atoms. The number of hydrogen-bond acceptors (Lipinski definition) is 4. The molecule has 0 aliphatic heterocycles. The molecule has 1 aliphatic carbocycles. The third-order valence-electron chi connectivity index (χ3n) is 5.92. The lowest BCUT2D eigenvalue weighted by Gasteiger charge is -2.36. The average molecular weight is 453 g/mol.